The summed E-state index contributed by atoms with van der Waals surface area (Å²) in [6.45, 7) is 9.72. The van der Waals surface area contributed by atoms with Crippen molar-refractivity contribution in [1.29, 1.82) is 0 Å². The third-order valence-electron chi connectivity index (χ3n) is 11.1. The summed E-state index contributed by atoms with van der Waals surface area (Å²) in [6.07, 6.45) is -0.619. The van der Waals surface area contributed by atoms with Crippen molar-refractivity contribution in [2.45, 2.75) is 245 Å². The van der Waals surface area contributed by atoms with E-state index in [1.54, 1.807) is 0 Å². The maximum atomic E-state index is 13.8. The molecule has 0 aromatic heterocycles. The first kappa shape index (κ1) is 59.3. The lowest BCUT2D eigenvalue weighted by Gasteiger charge is -2.50. The van der Waals surface area contributed by atoms with Crippen LogP contribution >= 0.6 is 0 Å². The van der Waals surface area contributed by atoms with Gasteiger partial charge in [0.25, 0.3) is 0 Å². The Labute approximate surface area is 400 Å². The zero-order valence-electron chi connectivity index (χ0n) is 41.5. The first-order valence-electron chi connectivity index (χ1n) is 24.1. The predicted octanol–water partition coefficient (Wildman–Crippen LogP) is 6.15. The van der Waals surface area contributed by atoms with Crippen molar-refractivity contribution in [3.05, 3.63) is 0 Å². The van der Waals surface area contributed by atoms with Crippen molar-refractivity contribution >= 4 is 53.7 Å². The Morgan fingerprint density at radius 2 is 0.632 bits per heavy atom. The van der Waals surface area contributed by atoms with Gasteiger partial charge in [-0.2, -0.15) is 0 Å². The summed E-state index contributed by atoms with van der Waals surface area (Å²) >= 11 is 0. The first-order chi connectivity index (χ1) is 32.2. The van der Waals surface area contributed by atoms with Gasteiger partial charge in [-0.25, -0.2) is 0 Å². The fourth-order valence-corrected chi connectivity index (χ4v) is 8.37. The normalized spacial score (nSPS) is 25.5. The van der Waals surface area contributed by atoms with Crippen molar-refractivity contribution in [2.75, 3.05) is 6.61 Å². The van der Waals surface area contributed by atoms with Crippen molar-refractivity contribution in [3.8, 4) is 0 Å². The minimum atomic E-state index is -1.97. The van der Waals surface area contributed by atoms with E-state index in [1.807, 2.05) is 0 Å². The van der Waals surface area contributed by atoms with Gasteiger partial charge in [-0.05, 0) is 6.42 Å². The Hall–Kier alpha value is -4.85. The van der Waals surface area contributed by atoms with Crippen LogP contribution in [0.15, 0.2) is 0 Å². The summed E-state index contributed by atoms with van der Waals surface area (Å²) in [4.78, 5) is 114. The van der Waals surface area contributed by atoms with Gasteiger partial charge < -0.3 is 52.1 Å². The predicted molar refractivity (Wildman–Crippen MR) is 238 cm³/mol. The molecule has 20 nitrogen and oxygen atoms in total. The van der Waals surface area contributed by atoms with Crippen LogP contribution in [0.2, 0.25) is 0 Å². The minimum Gasteiger partial charge on any atom is -0.463 e. The molecule has 0 radical (unpaired) electrons. The van der Waals surface area contributed by atoms with E-state index < -0.39 is 128 Å². The highest BCUT2D eigenvalue weighted by Crippen LogP contribution is 2.38. The Kier molecular flexibility index (Phi) is 27.9. The topological polar surface area (TPSA) is 255 Å². The smallest absolute Gasteiger partial charge is 0.306 e. The average molecular weight is 973 g/mol. The summed E-state index contributed by atoms with van der Waals surface area (Å²) in [5.74, 6) is -8.37. The molecule has 2 rings (SSSR count). The van der Waals surface area contributed by atoms with Crippen LogP contribution in [0.25, 0.3) is 0 Å². The Morgan fingerprint density at radius 1 is 0.338 bits per heavy atom. The summed E-state index contributed by atoms with van der Waals surface area (Å²) in [5.41, 5.74) is 0. The fourth-order valence-electron chi connectivity index (χ4n) is 8.37. The van der Waals surface area contributed by atoms with Gasteiger partial charge in [0.15, 0.2) is 55.1 Å². The summed E-state index contributed by atoms with van der Waals surface area (Å²) < 4.78 is 62.7. The van der Waals surface area contributed by atoms with Crippen molar-refractivity contribution in [1.82, 2.24) is 0 Å². The summed E-state index contributed by atoms with van der Waals surface area (Å²) in [5, 5.41) is 0. The Bertz CT molecular complexity index is 1630. The number of ether oxygens (including phenoxy) is 11. The van der Waals surface area contributed by atoms with Crippen LogP contribution in [-0.4, -0.2) is 128 Å². The molecular weight excluding hydrogens is 897 g/mol. The average Bonchev–Trinajstić information content (AvgIpc) is 3.23. The minimum absolute atomic E-state index is 0.141. The second kappa shape index (κ2) is 32.1. The molecule has 0 spiro atoms. The highest BCUT2D eigenvalue weighted by molar-refractivity contribution is 5.72. The van der Waals surface area contributed by atoms with Crippen LogP contribution < -0.4 is 0 Å². The monoisotopic (exact) mass is 972 g/mol. The number of carbonyl (C=O) groups is 9. The number of hydrogen-bond acceptors (Lipinski definition) is 20. The molecular formula is C48H76O20. The second-order valence-electron chi connectivity index (χ2n) is 17.3. The molecule has 11 atom stereocenters. The van der Waals surface area contributed by atoms with Crippen molar-refractivity contribution in [2.24, 2.45) is 0 Å². The molecule has 0 bridgehead atoms. The van der Waals surface area contributed by atoms with Gasteiger partial charge in [-0.1, -0.05) is 110 Å². The largest absolute Gasteiger partial charge is 0.463 e. The highest BCUT2D eigenvalue weighted by Gasteiger charge is 2.62. The molecule has 0 unspecified atom stereocenters. The first-order valence-corrected chi connectivity index (χ1v) is 24.1. The van der Waals surface area contributed by atoms with E-state index in [4.69, 9.17) is 52.1 Å². The molecule has 388 valence electrons. The van der Waals surface area contributed by atoms with Gasteiger partial charge in [0.05, 0.1) is 0 Å². The summed E-state index contributed by atoms with van der Waals surface area (Å²) in [6, 6.07) is 0. The quantitative estimate of drug-likeness (QED) is 0.0444. The third kappa shape index (κ3) is 22.5. The number of carbonyl (C=O) groups excluding carboxylic acids is 9. The van der Waals surface area contributed by atoms with E-state index in [2.05, 4.69) is 6.92 Å². The number of hydrogen-bond donors (Lipinski definition) is 0. The molecule has 0 aromatic rings. The molecule has 1 saturated heterocycles. The van der Waals surface area contributed by atoms with Gasteiger partial charge in [0.2, 0.25) is 0 Å². The van der Waals surface area contributed by atoms with Crippen LogP contribution in [0.1, 0.15) is 178 Å². The molecule has 20 heteroatoms. The van der Waals surface area contributed by atoms with E-state index in [9.17, 15) is 43.2 Å². The Balaban J connectivity index is 2.45. The standard InChI is InChI=1S/C48H76O20/c1-10-11-12-13-14-15-16-17-18-19-20-21-22-23-24-25-26-27-38(57)67-45-43(63-34(7)54)41(61-32(5)52)42(62-33(6)53)44(64-35(8)55)46(45)68-48-47(65-36(9)56)40(60-31(4)51)39(59-30(3)50)37(66-48)28-58-29(2)49/h37,39-48H,10-28H2,1-9H3/t37-,39-,40+,41+,42+,43-,44-,45-,46+,47+,48+/m1/s1. The molecule has 1 aliphatic carbocycles. The lowest BCUT2D eigenvalue weighted by molar-refractivity contribution is -0.343. The van der Waals surface area contributed by atoms with Gasteiger partial charge in [0.1, 0.15) is 18.8 Å². The molecule has 2 fully saturated rings. The molecule has 2 aliphatic rings. The zero-order chi connectivity index (χ0) is 50.8. The fraction of sp³-hybridized carbons (Fsp3) is 0.812. The van der Waals surface area contributed by atoms with Gasteiger partial charge in [-0.15, -0.1) is 0 Å². The van der Waals surface area contributed by atoms with E-state index in [1.165, 1.54) is 70.6 Å². The van der Waals surface area contributed by atoms with E-state index in [0.717, 1.165) is 81.1 Å². The third-order valence-corrected chi connectivity index (χ3v) is 11.1. The lowest BCUT2D eigenvalue weighted by atomic mass is 9.83. The molecule has 1 saturated carbocycles. The van der Waals surface area contributed by atoms with Crippen LogP contribution in [0.3, 0.4) is 0 Å². The number of rotatable bonds is 30. The number of unbranched alkanes of at least 4 members (excludes halogenated alkanes) is 16. The van der Waals surface area contributed by atoms with Gasteiger partial charge in [0, 0.05) is 61.8 Å². The number of esters is 9. The van der Waals surface area contributed by atoms with Crippen LogP contribution in [-0.2, 0) is 95.3 Å². The molecule has 0 N–H and O–H groups in total. The second-order valence-corrected chi connectivity index (χ2v) is 17.3. The van der Waals surface area contributed by atoms with Crippen molar-refractivity contribution < 1.29 is 95.3 Å². The van der Waals surface area contributed by atoms with Crippen molar-refractivity contribution in [3.63, 3.8) is 0 Å². The SMILES string of the molecule is CCCCCCCCCCCCCCCCCCCC(=O)O[C@@H]1[C@H](OC(C)=O)[C@@H](OC(C)=O)[C@H](OC(C)=O)[C@@H](OC(C)=O)[C@@H]1O[C@@H]1O[C@H](COC(C)=O)[C@@H](OC(C)=O)[C@H](OC(C)=O)[C@@H]1OC(C)=O. The molecule has 1 heterocycles. The molecule has 1 aliphatic heterocycles. The highest BCUT2D eigenvalue weighted by atomic mass is 16.8. The lowest BCUT2D eigenvalue weighted by Crippen LogP contribution is -2.70. The van der Waals surface area contributed by atoms with Crippen LogP contribution in [0.4, 0.5) is 0 Å². The van der Waals surface area contributed by atoms with E-state index >= 15 is 0 Å². The Morgan fingerprint density at radius 3 is 0.985 bits per heavy atom. The van der Waals surface area contributed by atoms with E-state index in [0.29, 0.717) is 12.8 Å². The molecule has 68 heavy (non-hydrogen) atoms. The van der Waals surface area contributed by atoms with Crippen LogP contribution in [0.5, 0.6) is 0 Å². The van der Waals surface area contributed by atoms with Crippen LogP contribution in [0, 0.1) is 0 Å². The maximum absolute atomic E-state index is 13.8. The van der Waals surface area contributed by atoms with E-state index in [-0.39, 0.29) is 6.42 Å². The molecule has 0 amide bonds. The maximum Gasteiger partial charge on any atom is 0.306 e. The molecule has 0 aromatic carbocycles. The van der Waals surface area contributed by atoms with Gasteiger partial charge in [-0.3, -0.25) is 43.2 Å². The zero-order valence-corrected chi connectivity index (χ0v) is 41.5. The summed E-state index contributed by atoms with van der Waals surface area (Å²) in [7, 11) is 0. The van der Waals surface area contributed by atoms with Gasteiger partial charge >= 0.3 is 53.7 Å².